The molecule has 0 atom stereocenters. The Morgan fingerprint density at radius 3 is 2.56 bits per heavy atom. The van der Waals surface area contributed by atoms with E-state index >= 15 is 0 Å². The zero-order chi connectivity index (χ0) is 23.0. The smallest absolute Gasteiger partial charge is 0.368 e. The molecule has 0 unspecified atom stereocenters. The fraction of sp³-hybridized carbons (Fsp3) is 0.429. The lowest BCUT2D eigenvalue weighted by Crippen LogP contribution is -2.49. The van der Waals surface area contributed by atoms with Crippen molar-refractivity contribution in [3.8, 4) is 0 Å². The van der Waals surface area contributed by atoms with Crippen molar-refractivity contribution in [1.82, 2.24) is 19.8 Å². The van der Waals surface area contributed by atoms with Crippen molar-refractivity contribution < 1.29 is 22.5 Å². The van der Waals surface area contributed by atoms with Crippen LogP contribution >= 0.6 is 0 Å². The molecule has 1 aliphatic heterocycles. The number of nitrogens with zero attached hydrogens (tertiary/aromatic N) is 5. The molecule has 1 fully saturated rings. The van der Waals surface area contributed by atoms with Crippen LogP contribution in [-0.4, -0.2) is 51.9 Å². The third-order valence-electron chi connectivity index (χ3n) is 5.64. The molecule has 11 heteroatoms. The van der Waals surface area contributed by atoms with Gasteiger partial charge in [-0.25, -0.2) is 4.68 Å². The van der Waals surface area contributed by atoms with Crippen LogP contribution in [0.15, 0.2) is 33.6 Å². The maximum absolute atomic E-state index is 13.0. The van der Waals surface area contributed by atoms with E-state index in [1.165, 1.54) is 10.7 Å². The van der Waals surface area contributed by atoms with E-state index in [1.54, 1.807) is 24.8 Å². The molecule has 0 N–H and O–H groups in total. The zero-order valence-electron chi connectivity index (χ0n) is 17.6. The number of anilines is 1. The van der Waals surface area contributed by atoms with Crippen LogP contribution in [0.5, 0.6) is 0 Å². The Bertz CT molecular complexity index is 1210. The van der Waals surface area contributed by atoms with Gasteiger partial charge in [-0.2, -0.15) is 18.3 Å². The summed E-state index contributed by atoms with van der Waals surface area (Å²) in [5.74, 6) is 0.375. The number of aryl methyl sites for hydroxylation is 3. The second-order valence-corrected chi connectivity index (χ2v) is 7.74. The lowest BCUT2D eigenvalue weighted by atomic mass is 10.1. The van der Waals surface area contributed by atoms with E-state index < -0.39 is 17.3 Å². The van der Waals surface area contributed by atoms with Crippen LogP contribution in [0.4, 0.5) is 18.9 Å². The number of halogens is 3. The molecule has 1 amide bonds. The Balaban J connectivity index is 1.37. The van der Waals surface area contributed by atoms with Crippen LogP contribution < -0.4 is 10.5 Å². The van der Waals surface area contributed by atoms with Gasteiger partial charge < -0.3 is 14.3 Å². The number of benzene rings is 1. The lowest BCUT2D eigenvalue weighted by Gasteiger charge is -2.36. The Morgan fingerprint density at radius 2 is 1.88 bits per heavy atom. The molecule has 0 radical (unpaired) electrons. The minimum absolute atomic E-state index is 0.0816. The van der Waals surface area contributed by atoms with Crippen molar-refractivity contribution >= 4 is 22.5 Å². The molecule has 0 aliphatic carbocycles. The number of amides is 1. The average Bonchev–Trinajstić information content (AvgIpc) is 3.17. The molecule has 4 rings (SSSR count). The summed E-state index contributed by atoms with van der Waals surface area (Å²) in [6.07, 6.45) is -4.32. The molecule has 0 bridgehead atoms. The molecule has 2 aromatic heterocycles. The van der Waals surface area contributed by atoms with Gasteiger partial charge in [0.05, 0.1) is 23.2 Å². The first kappa shape index (κ1) is 21.8. The van der Waals surface area contributed by atoms with E-state index in [0.29, 0.717) is 48.7 Å². The van der Waals surface area contributed by atoms with Crippen molar-refractivity contribution in [2.75, 3.05) is 31.1 Å². The first-order valence-corrected chi connectivity index (χ1v) is 10.2. The molecule has 1 saturated heterocycles. The van der Waals surface area contributed by atoms with E-state index in [-0.39, 0.29) is 24.4 Å². The highest BCUT2D eigenvalue weighted by Gasteiger charge is 2.31. The minimum Gasteiger partial charge on any atom is -0.368 e. The molecule has 8 nitrogen and oxygen atoms in total. The van der Waals surface area contributed by atoms with Gasteiger partial charge in [-0.1, -0.05) is 11.2 Å². The topological polar surface area (TPSA) is 84.5 Å². The monoisotopic (exact) mass is 449 g/mol. The van der Waals surface area contributed by atoms with Gasteiger partial charge in [0.2, 0.25) is 5.91 Å². The molecule has 3 aromatic rings. The summed E-state index contributed by atoms with van der Waals surface area (Å²) in [6, 6.07) is 5.18. The Kier molecular flexibility index (Phi) is 5.66. The molecule has 170 valence electrons. The van der Waals surface area contributed by atoms with Crippen LogP contribution in [0.3, 0.4) is 0 Å². The Hall–Kier alpha value is -3.37. The van der Waals surface area contributed by atoms with Gasteiger partial charge in [0.25, 0.3) is 5.56 Å². The van der Waals surface area contributed by atoms with Crippen LogP contribution in [0.25, 0.3) is 10.9 Å². The van der Waals surface area contributed by atoms with Crippen LogP contribution in [0.1, 0.15) is 23.4 Å². The summed E-state index contributed by atoms with van der Waals surface area (Å²) in [4.78, 5) is 28.7. The number of hydrogen-bond donors (Lipinski definition) is 0. The second kappa shape index (κ2) is 8.29. The SMILES string of the molecule is Cc1nn(CCC(=O)N2CCN(c3cccc(C(F)(F)F)c3)CC2)c(=O)c2noc(C)c12. The number of rotatable bonds is 4. The first-order valence-electron chi connectivity index (χ1n) is 10.2. The molecule has 0 spiro atoms. The van der Waals surface area contributed by atoms with Crippen molar-refractivity contribution in [2.45, 2.75) is 33.0 Å². The summed E-state index contributed by atoms with van der Waals surface area (Å²) in [6.45, 7) is 5.18. The summed E-state index contributed by atoms with van der Waals surface area (Å²) >= 11 is 0. The van der Waals surface area contributed by atoms with Crippen molar-refractivity contribution in [3.63, 3.8) is 0 Å². The van der Waals surface area contributed by atoms with Gasteiger partial charge >= 0.3 is 6.18 Å². The van der Waals surface area contributed by atoms with Gasteiger partial charge in [0.1, 0.15) is 5.76 Å². The third-order valence-corrected chi connectivity index (χ3v) is 5.64. The van der Waals surface area contributed by atoms with Gasteiger partial charge in [0.15, 0.2) is 5.52 Å². The minimum atomic E-state index is -4.40. The maximum atomic E-state index is 13.0. The second-order valence-electron chi connectivity index (χ2n) is 7.74. The molecular formula is C21H22F3N5O3. The fourth-order valence-corrected chi connectivity index (χ4v) is 3.95. The predicted octanol–water partition coefficient (Wildman–Crippen LogP) is 2.76. The first-order chi connectivity index (χ1) is 15.1. The molecule has 1 aromatic carbocycles. The highest BCUT2D eigenvalue weighted by atomic mass is 19.4. The Morgan fingerprint density at radius 1 is 1.16 bits per heavy atom. The molecule has 0 saturated carbocycles. The number of hydrogen-bond acceptors (Lipinski definition) is 6. The number of aromatic nitrogens is 3. The van der Waals surface area contributed by atoms with Crippen LogP contribution in [-0.2, 0) is 17.5 Å². The highest BCUT2D eigenvalue weighted by Crippen LogP contribution is 2.31. The molecular weight excluding hydrogens is 427 g/mol. The third kappa shape index (κ3) is 4.19. The molecule has 1 aliphatic rings. The van der Waals surface area contributed by atoms with E-state index in [2.05, 4.69) is 10.3 Å². The summed E-state index contributed by atoms with van der Waals surface area (Å²) in [5.41, 5.74) is 0.164. The van der Waals surface area contributed by atoms with Crippen LogP contribution in [0, 0.1) is 13.8 Å². The highest BCUT2D eigenvalue weighted by molar-refractivity contribution is 5.81. The van der Waals surface area contributed by atoms with E-state index in [0.717, 1.165) is 12.1 Å². The van der Waals surface area contributed by atoms with Crippen molar-refractivity contribution in [2.24, 2.45) is 0 Å². The van der Waals surface area contributed by atoms with Gasteiger partial charge in [-0.05, 0) is 32.0 Å². The standard InChI is InChI=1S/C21H22F3N5O3/c1-13-18-14(2)32-26-19(18)20(31)29(25-13)7-6-17(30)28-10-8-27(9-11-28)16-5-3-4-15(12-16)21(22,23)24/h3-5,12H,6-11H2,1-2H3. The van der Waals surface area contributed by atoms with Gasteiger partial charge in [-0.15, -0.1) is 0 Å². The van der Waals surface area contributed by atoms with Crippen molar-refractivity contribution in [3.05, 3.63) is 51.6 Å². The molecule has 3 heterocycles. The fourth-order valence-electron chi connectivity index (χ4n) is 3.95. The van der Waals surface area contributed by atoms with Gasteiger partial charge in [0, 0.05) is 38.3 Å². The van der Waals surface area contributed by atoms with Crippen molar-refractivity contribution in [1.29, 1.82) is 0 Å². The van der Waals surface area contributed by atoms with E-state index in [4.69, 9.17) is 4.52 Å². The number of fused-ring (bicyclic) bond motifs is 1. The Labute approximate surface area is 181 Å². The largest absolute Gasteiger partial charge is 0.416 e. The van der Waals surface area contributed by atoms with E-state index in [1.807, 2.05) is 4.90 Å². The number of carbonyl (C=O) groups is 1. The quantitative estimate of drug-likeness (QED) is 0.609. The number of carbonyl (C=O) groups excluding carboxylic acids is 1. The molecule has 32 heavy (non-hydrogen) atoms. The van der Waals surface area contributed by atoms with E-state index in [9.17, 15) is 22.8 Å². The average molecular weight is 449 g/mol. The summed E-state index contributed by atoms with van der Waals surface area (Å²) in [5, 5.41) is 8.65. The summed E-state index contributed by atoms with van der Waals surface area (Å²) < 4.78 is 45.2. The maximum Gasteiger partial charge on any atom is 0.416 e. The normalized spacial score (nSPS) is 14.9. The zero-order valence-corrected chi connectivity index (χ0v) is 17.6. The number of piperazine rings is 1. The van der Waals surface area contributed by atoms with Crippen LogP contribution in [0.2, 0.25) is 0 Å². The lowest BCUT2D eigenvalue weighted by molar-refractivity contribution is -0.137. The van der Waals surface area contributed by atoms with Gasteiger partial charge in [-0.3, -0.25) is 9.59 Å². The summed E-state index contributed by atoms with van der Waals surface area (Å²) in [7, 11) is 0. The number of alkyl halides is 3. The predicted molar refractivity (Wildman–Crippen MR) is 110 cm³/mol.